The number of carbonyl (C=O) groups is 2. The van der Waals surface area contributed by atoms with Gasteiger partial charge in [0.1, 0.15) is 16.7 Å². The zero-order valence-electron chi connectivity index (χ0n) is 17.8. The van der Waals surface area contributed by atoms with E-state index in [0.717, 1.165) is 16.0 Å². The fraction of sp³-hybridized carbons (Fsp3) is 0.304. The van der Waals surface area contributed by atoms with Crippen LogP contribution in [-0.2, 0) is 30.7 Å². The second-order valence-electron chi connectivity index (χ2n) is 8.21. The molecule has 2 fully saturated rings. The van der Waals surface area contributed by atoms with E-state index in [2.05, 4.69) is 10.2 Å². The van der Waals surface area contributed by atoms with E-state index in [-0.39, 0.29) is 18.9 Å². The maximum absolute atomic E-state index is 13.5. The number of aromatic nitrogens is 3. The molecule has 170 valence electrons. The number of hydrogen-bond donors (Lipinski definition) is 0. The van der Waals surface area contributed by atoms with Gasteiger partial charge in [-0.25, -0.2) is 13.2 Å². The Kier molecular flexibility index (Phi) is 5.24. The Morgan fingerprint density at radius 1 is 1.09 bits per heavy atom. The molecule has 2 aliphatic heterocycles. The first-order valence-electron chi connectivity index (χ1n) is 10.6. The summed E-state index contributed by atoms with van der Waals surface area (Å²) in [5.74, 6) is -1.14. The molecule has 2 unspecified atom stereocenters. The highest BCUT2D eigenvalue weighted by Gasteiger charge is 2.64. The molecule has 3 aromatic rings. The molecule has 2 aromatic carbocycles. The molecule has 0 aliphatic carbocycles. The summed E-state index contributed by atoms with van der Waals surface area (Å²) < 4.78 is 32.3. The van der Waals surface area contributed by atoms with Gasteiger partial charge in [0.05, 0.1) is 24.9 Å². The van der Waals surface area contributed by atoms with Gasteiger partial charge in [-0.2, -0.15) is 15.0 Å². The van der Waals surface area contributed by atoms with Crippen LogP contribution >= 0.6 is 0 Å². The largest absolute Gasteiger partial charge is 0.451 e. The number of ether oxygens (including phenoxy) is 1. The van der Waals surface area contributed by atoms with E-state index >= 15 is 0 Å². The van der Waals surface area contributed by atoms with Crippen LogP contribution in [0.15, 0.2) is 66.9 Å². The molecule has 2 aliphatic rings. The van der Waals surface area contributed by atoms with Crippen molar-refractivity contribution in [2.75, 3.05) is 0 Å². The highest BCUT2D eigenvalue weighted by molar-refractivity contribution is 7.93. The normalized spacial score (nSPS) is 23.3. The second-order valence-corrected chi connectivity index (χ2v) is 10.5. The molecule has 0 bridgehead atoms. The highest BCUT2D eigenvalue weighted by Crippen LogP contribution is 2.41. The Morgan fingerprint density at radius 3 is 2.21 bits per heavy atom. The zero-order valence-corrected chi connectivity index (χ0v) is 18.6. The van der Waals surface area contributed by atoms with Gasteiger partial charge in [0.15, 0.2) is 15.9 Å². The molecule has 0 saturated carbocycles. The summed E-state index contributed by atoms with van der Waals surface area (Å²) in [7, 11) is -3.81. The zero-order chi connectivity index (χ0) is 23.2. The summed E-state index contributed by atoms with van der Waals surface area (Å²) in [5.41, 5.74) is 2.10. The highest BCUT2D eigenvalue weighted by atomic mass is 32.2. The minimum absolute atomic E-state index is 0.130. The van der Waals surface area contributed by atoms with E-state index < -0.39 is 38.6 Å². The van der Waals surface area contributed by atoms with Crippen molar-refractivity contribution in [2.24, 2.45) is 0 Å². The van der Waals surface area contributed by atoms with Crippen molar-refractivity contribution in [1.82, 2.24) is 19.9 Å². The third-order valence-corrected chi connectivity index (χ3v) is 8.48. The first-order chi connectivity index (χ1) is 15.9. The third kappa shape index (κ3) is 3.70. The van der Waals surface area contributed by atoms with Crippen molar-refractivity contribution in [3.05, 3.63) is 83.7 Å². The average Bonchev–Trinajstić information content (AvgIpc) is 3.30. The SMILES string of the molecule is Cc1cnn(CC2C(C(=O)OC(c3ccccc3)c3ccccc3)N3C(=O)C[C@H]3S2(=O)=O)n1. The molecule has 10 heteroatoms. The van der Waals surface area contributed by atoms with Gasteiger partial charge in [-0.3, -0.25) is 4.79 Å². The van der Waals surface area contributed by atoms with E-state index in [4.69, 9.17) is 4.74 Å². The number of β-lactam (4-membered cyclic amide) rings is 1. The lowest BCUT2D eigenvalue weighted by atomic mass is 10.0. The summed E-state index contributed by atoms with van der Waals surface area (Å²) in [6.45, 7) is 1.59. The maximum Gasteiger partial charge on any atom is 0.331 e. The molecule has 2 saturated heterocycles. The summed E-state index contributed by atoms with van der Waals surface area (Å²) in [4.78, 5) is 28.3. The summed E-state index contributed by atoms with van der Waals surface area (Å²) in [5, 5.41) is 6.02. The molecule has 0 N–H and O–H groups in total. The number of hydrogen-bond acceptors (Lipinski definition) is 7. The smallest absolute Gasteiger partial charge is 0.331 e. The number of nitrogens with zero attached hydrogens (tertiary/aromatic N) is 4. The van der Waals surface area contributed by atoms with Crippen molar-refractivity contribution in [3.63, 3.8) is 0 Å². The van der Waals surface area contributed by atoms with E-state index in [1.165, 1.54) is 11.0 Å². The maximum atomic E-state index is 13.5. The number of benzene rings is 2. The van der Waals surface area contributed by atoms with Crippen LogP contribution in [0.25, 0.3) is 0 Å². The Morgan fingerprint density at radius 2 is 1.70 bits per heavy atom. The van der Waals surface area contributed by atoms with E-state index in [1.54, 1.807) is 6.92 Å². The van der Waals surface area contributed by atoms with Crippen LogP contribution in [0.5, 0.6) is 0 Å². The molecular formula is C23H22N4O5S. The monoisotopic (exact) mass is 466 g/mol. The van der Waals surface area contributed by atoms with Crippen molar-refractivity contribution in [2.45, 2.75) is 42.7 Å². The number of fused-ring (bicyclic) bond motifs is 1. The molecular weight excluding hydrogens is 444 g/mol. The van der Waals surface area contributed by atoms with E-state index in [0.29, 0.717) is 5.69 Å². The Hall–Kier alpha value is -3.53. The molecule has 3 atom stereocenters. The molecule has 33 heavy (non-hydrogen) atoms. The number of carbonyl (C=O) groups excluding carboxylic acids is 2. The summed E-state index contributed by atoms with van der Waals surface area (Å²) in [6.07, 6.45) is 0.633. The van der Waals surface area contributed by atoms with Gasteiger partial charge in [-0.15, -0.1) is 0 Å². The van der Waals surface area contributed by atoms with Gasteiger partial charge in [-0.05, 0) is 18.1 Å². The second kappa shape index (κ2) is 8.11. The van der Waals surface area contributed by atoms with Crippen LogP contribution < -0.4 is 0 Å². The average molecular weight is 467 g/mol. The number of esters is 1. The molecule has 9 nitrogen and oxygen atoms in total. The van der Waals surface area contributed by atoms with Crippen LogP contribution in [-0.4, -0.2) is 56.9 Å². The van der Waals surface area contributed by atoms with Crippen LogP contribution in [0.1, 0.15) is 29.3 Å². The molecule has 3 heterocycles. The molecule has 0 radical (unpaired) electrons. The van der Waals surface area contributed by atoms with Gasteiger partial charge >= 0.3 is 5.97 Å². The first-order valence-corrected chi connectivity index (χ1v) is 12.2. The fourth-order valence-electron chi connectivity index (χ4n) is 4.44. The van der Waals surface area contributed by atoms with Crippen LogP contribution in [0, 0.1) is 6.92 Å². The molecule has 0 spiro atoms. The predicted molar refractivity (Wildman–Crippen MR) is 117 cm³/mol. The van der Waals surface area contributed by atoms with Gasteiger partial charge in [0.2, 0.25) is 5.91 Å². The van der Waals surface area contributed by atoms with E-state index in [9.17, 15) is 18.0 Å². The van der Waals surface area contributed by atoms with Crippen molar-refractivity contribution in [3.8, 4) is 0 Å². The lowest BCUT2D eigenvalue weighted by Gasteiger charge is -2.36. The van der Waals surface area contributed by atoms with Crippen LogP contribution in [0.3, 0.4) is 0 Å². The number of aryl methyl sites for hydroxylation is 1. The number of rotatable bonds is 6. The minimum Gasteiger partial charge on any atom is -0.451 e. The molecule has 1 amide bonds. The Labute approximate surface area is 190 Å². The van der Waals surface area contributed by atoms with Crippen LogP contribution in [0.4, 0.5) is 0 Å². The first kappa shape index (κ1) is 21.3. The fourth-order valence-corrected chi connectivity index (χ4v) is 6.73. The summed E-state index contributed by atoms with van der Waals surface area (Å²) >= 11 is 0. The summed E-state index contributed by atoms with van der Waals surface area (Å²) in [6, 6.07) is 17.1. The topological polar surface area (TPSA) is 111 Å². The van der Waals surface area contributed by atoms with Gasteiger partial charge < -0.3 is 9.64 Å². The third-order valence-electron chi connectivity index (χ3n) is 6.07. The lowest BCUT2D eigenvalue weighted by Crippen LogP contribution is -2.56. The van der Waals surface area contributed by atoms with Gasteiger partial charge in [-0.1, -0.05) is 60.7 Å². The van der Waals surface area contributed by atoms with Crippen molar-refractivity contribution < 1.29 is 22.7 Å². The lowest BCUT2D eigenvalue weighted by molar-refractivity contribution is -0.163. The Balaban J connectivity index is 1.49. The number of sulfone groups is 1. The van der Waals surface area contributed by atoms with Gasteiger partial charge in [0, 0.05) is 0 Å². The standard InChI is InChI=1S/C23H22N4O5S/c1-15-13-24-26(25-15)14-18-21(27-19(28)12-20(27)33(18,30)31)23(29)32-22(16-8-4-2-5-9-16)17-10-6-3-7-11-17/h2-11,13,18,20-22H,12,14H2,1H3/t18?,20-,21?/m1/s1. The van der Waals surface area contributed by atoms with Gasteiger partial charge in [0.25, 0.3) is 0 Å². The quantitative estimate of drug-likeness (QED) is 0.401. The van der Waals surface area contributed by atoms with Crippen molar-refractivity contribution >= 4 is 21.7 Å². The van der Waals surface area contributed by atoms with E-state index in [1.807, 2.05) is 60.7 Å². The van der Waals surface area contributed by atoms with Crippen LogP contribution in [0.2, 0.25) is 0 Å². The predicted octanol–water partition coefficient (Wildman–Crippen LogP) is 1.64. The number of amides is 1. The molecule has 1 aromatic heterocycles. The molecule has 5 rings (SSSR count). The minimum atomic E-state index is -3.81. The Bertz CT molecular complexity index is 1250. The van der Waals surface area contributed by atoms with Crippen molar-refractivity contribution in [1.29, 1.82) is 0 Å².